The Bertz CT molecular complexity index is 1810. The van der Waals surface area contributed by atoms with Gasteiger partial charge in [0.15, 0.2) is 0 Å². The molecule has 0 aliphatic carbocycles. The minimum absolute atomic E-state index is 1.07. The van der Waals surface area contributed by atoms with E-state index in [-0.39, 0.29) is 0 Å². The highest BCUT2D eigenvalue weighted by atomic mass is 32.1. The summed E-state index contributed by atoms with van der Waals surface area (Å²) < 4.78 is 2.65. The molecule has 6 aromatic carbocycles. The number of hydrogen-bond acceptors (Lipinski definition) is 2. The van der Waals surface area contributed by atoms with Gasteiger partial charge in [-0.15, -0.1) is 11.3 Å². The number of hydrogen-bond donors (Lipinski definition) is 1. The van der Waals surface area contributed by atoms with E-state index in [0.717, 1.165) is 11.4 Å². The van der Waals surface area contributed by atoms with Gasteiger partial charge in [-0.25, -0.2) is 0 Å². The van der Waals surface area contributed by atoms with Crippen molar-refractivity contribution in [1.82, 2.24) is 0 Å². The van der Waals surface area contributed by atoms with Crippen LogP contribution in [0.15, 0.2) is 146 Å². The van der Waals surface area contributed by atoms with Crippen molar-refractivity contribution >= 4 is 42.9 Å². The number of rotatable bonds is 5. The van der Waals surface area contributed by atoms with Gasteiger partial charge in [-0.1, -0.05) is 103 Å². The van der Waals surface area contributed by atoms with Crippen LogP contribution >= 0.6 is 11.3 Å². The van der Waals surface area contributed by atoms with Crippen LogP contribution in [0.4, 0.5) is 11.4 Å². The quantitative estimate of drug-likeness (QED) is 0.246. The topological polar surface area (TPSA) is 12.0 Å². The maximum absolute atomic E-state index is 3.65. The van der Waals surface area contributed by atoms with Crippen molar-refractivity contribution in [2.75, 3.05) is 5.32 Å². The molecule has 7 aromatic rings. The highest BCUT2D eigenvalue weighted by molar-refractivity contribution is 7.25. The van der Waals surface area contributed by atoms with Crippen molar-refractivity contribution in [3.63, 3.8) is 0 Å². The van der Waals surface area contributed by atoms with Gasteiger partial charge in [0.2, 0.25) is 0 Å². The van der Waals surface area contributed by atoms with Crippen molar-refractivity contribution < 1.29 is 0 Å². The molecule has 0 saturated heterocycles. The third-order valence-corrected chi connectivity index (χ3v) is 8.19. The molecule has 0 amide bonds. The van der Waals surface area contributed by atoms with E-state index in [9.17, 15) is 0 Å². The average molecular weight is 504 g/mol. The zero-order valence-corrected chi connectivity index (χ0v) is 21.6. The molecule has 0 aliphatic rings. The van der Waals surface area contributed by atoms with Crippen molar-refractivity contribution in [3.05, 3.63) is 146 Å². The maximum Gasteiger partial charge on any atom is 0.0397 e. The summed E-state index contributed by atoms with van der Waals surface area (Å²) in [4.78, 5) is 0. The average Bonchev–Trinajstić information content (AvgIpc) is 3.36. The molecule has 0 fully saturated rings. The van der Waals surface area contributed by atoms with Gasteiger partial charge in [-0.2, -0.15) is 0 Å². The summed E-state index contributed by atoms with van der Waals surface area (Å²) in [5.74, 6) is 0. The zero-order valence-electron chi connectivity index (χ0n) is 20.8. The van der Waals surface area contributed by atoms with Crippen LogP contribution in [0.3, 0.4) is 0 Å². The first-order valence-corrected chi connectivity index (χ1v) is 13.7. The molecule has 38 heavy (non-hydrogen) atoms. The number of nitrogens with one attached hydrogen (secondary N) is 1. The van der Waals surface area contributed by atoms with Crippen molar-refractivity contribution in [1.29, 1.82) is 0 Å². The van der Waals surface area contributed by atoms with Crippen LogP contribution in [0.2, 0.25) is 0 Å². The normalized spacial score (nSPS) is 11.2. The number of benzene rings is 6. The summed E-state index contributed by atoms with van der Waals surface area (Å²) in [6.07, 6.45) is 0. The smallest absolute Gasteiger partial charge is 0.0397 e. The van der Waals surface area contributed by atoms with Crippen LogP contribution in [0.1, 0.15) is 0 Å². The molecule has 1 aromatic heterocycles. The lowest BCUT2D eigenvalue weighted by molar-refractivity contribution is 1.52. The van der Waals surface area contributed by atoms with Gasteiger partial charge in [0.25, 0.3) is 0 Å². The van der Waals surface area contributed by atoms with E-state index in [1.54, 1.807) is 0 Å². The Labute approximate surface area is 226 Å². The Morgan fingerprint density at radius 3 is 1.61 bits per heavy atom. The Morgan fingerprint density at radius 1 is 0.395 bits per heavy atom. The van der Waals surface area contributed by atoms with E-state index >= 15 is 0 Å². The summed E-state index contributed by atoms with van der Waals surface area (Å²) in [5, 5.41) is 6.29. The summed E-state index contributed by atoms with van der Waals surface area (Å²) in [7, 11) is 0. The summed E-state index contributed by atoms with van der Waals surface area (Å²) in [6.45, 7) is 0. The van der Waals surface area contributed by atoms with Crippen LogP contribution in [0.5, 0.6) is 0 Å². The van der Waals surface area contributed by atoms with Crippen LogP contribution < -0.4 is 5.32 Å². The lowest BCUT2D eigenvalue weighted by atomic mass is 9.86. The minimum Gasteiger partial charge on any atom is -0.355 e. The fourth-order valence-corrected chi connectivity index (χ4v) is 6.37. The molecule has 1 nitrogen and oxygen atoms in total. The molecule has 7 rings (SSSR count). The van der Waals surface area contributed by atoms with Crippen molar-refractivity contribution in [2.45, 2.75) is 0 Å². The van der Waals surface area contributed by atoms with Gasteiger partial charge in [-0.05, 0) is 75.8 Å². The lowest BCUT2D eigenvalue weighted by Crippen LogP contribution is -1.96. The third-order valence-electron chi connectivity index (χ3n) is 7.04. The molecular weight excluding hydrogens is 478 g/mol. The van der Waals surface area contributed by atoms with Gasteiger partial charge in [-0.3, -0.25) is 0 Å². The largest absolute Gasteiger partial charge is 0.355 e. The van der Waals surface area contributed by atoms with E-state index in [1.165, 1.54) is 53.6 Å². The highest BCUT2D eigenvalue weighted by Gasteiger charge is 2.18. The second-order valence-corrected chi connectivity index (χ2v) is 10.6. The van der Waals surface area contributed by atoms with E-state index in [4.69, 9.17) is 0 Å². The van der Waals surface area contributed by atoms with Gasteiger partial charge >= 0.3 is 0 Å². The predicted octanol–water partition coefficient (Wildman–Crippen LogP) is 10.8. The molecule has 1 heterocycles. The Kier molecular flexibility index (Phi) is 5.73. The molecule has 2 heteroatoms. The first kappa shape index (κ1) is 22.5. The highest BCUT2D eigenvalue weighted by Crippen LogP contribution is 2.45. The zero-order chi connectivity index (χ0) is 25.3. The molecule has 0 spiro atoms. The monoisotopic (exact) mass is 503 g/mol. The van der Waals surface area contributed by atoms with Crippen LogP contribution in [-0.2, 0) is 0 Å². The SMILES string of the molecule is c1ccc(Nc2cc(-c3ccccc3)c(-c3ccc4sc5ccccc5c4c3)c(-c3ccccc3)c2)cc1. The van der Waals surface area contributed by atoms with E-state index in [1.807, 2.05) is 17.4 Å². The molecule has 0 saturated carbocycles. The second-order valence-electron chi connectivity index (χ2n) is 9.48. The van der Waals surface area contributed by atoms with Crippen LogP contribution in [-0.4, -0.2) is 0 Å². The molecule has 0 bridgehead atoms. The molecular formula is C36H25NS. The van der Waals surface area contributed by atoms with Crippen molar-refractivity contribution in [3.8, 4) is 33.4 Å². The predicted molar refractivity (Wildman–Crippen MR) is 165 cm³/mol. The standard InChI is InChI=1S/C36H25NS/c1-4-12-25(13-5-1)31-23-29(37-28-16-8-3-9-17-28)24-32(26-14-6-2-7-15-26)36(31)27-20-21-35-33(22-27)30-18-10-11-19-34(30)38-35/h1-24,37H. The number of para-hydroxylation sites is 1. The van der Waals surface area contributed by atoms with E-state index < -0.39 is 0 Å². The summed E-state index contributed by atoms with van der Waals surface area (Å²) >= 11 is 1.86. The van der Waals surface area contributed by atoms with Crippen molar-refractivity contribution in [2.24, 2.45) is 0 Å². The first-order valence-electron chi connectivity index (χ1n) is 12.9. The van der Waals surface area contributed by atoms with Gasteiger partial charge in [0.05, 0.1) is 0 Å². The molecule has 0 atom stereocenters. The van der Waals surface area contributed by atoms with Crippen LogP contribution in [0, 0.1) is 0 Å². The molecule has 0 aliphatic heterocycles. The fraction of sp³-hybridized carbons (Fsp3) is 0. The molecule has 0 unspecified atom stereocenters. The Morgan fingerprint density at radius 2 is 0.947 bits per heavy atom. The van der Waals surface area contributed by atoms with Crippen LogP contribution in [0.25, 0.3) is 53.6 Å². The Hall–Kier alpha value is -4.66. The molecule has 0 radical (unpaired) electrons. The fourth-order valence-electron chi connectivity index (χ4n) is 5.29. The second kappa shape index (κ2) is 9.66. The molecule has 1 N–H and O–H groups in total. The van der Waals surface area contributed by atoms with E-state index in [2.05, 4.69) is 145 Å². The lowest BCUT2D eigenvalue weighted by Gasteiger charge is -2.20. The number of thiophene rings is 1. The number of anilines is 2. The summed E-state index contributed by atoms with van der Waals surface area (Å²) in [5.41, 5.74) is 9.44. The third kappa shape index (κ3) is 4.15. The van der Waals surface area contributed by atoms with Gasteiger partial charge in [0.1, 0.15) is 0 Å². The number of fused-ring (bicyclic) bond motifs is 3. The molecule has 180 valence electrons. The Balaban J connectivity index is 1.52. The summed E-state index contributed by atoms with van der Waals surface area (Å²) in [6, 6.07) is 52.1. The van der Waals surface area contributed by atoms with Gasteiger partial charge in [0, 0.05) is 31.5 Å². The van der Waals surface area contributed by atoms with E-state index in [0.29, 0.717) is 0 Å². The first-order chi connectivity index (χ1) is 18.8. The van der Waals surface area contributed by atoms with Gasteiger partial charge < -0.3 is 5.32 Å². The minimum atomic E-state index is 1.07. The maximum atomic E-state index is 3.65.